The van der Waals surface area contributed by atoms with Gasteiger partial charge in [0.25, 0.3) is 0 Å². The number of rotatable bonds is 1. The summed E-state index contributed by atoms with van der Waals surface area (Å²) < 4.78 is 0. The fourth-order valence-electron chi connectivity index (χ4n) is 3.86. The Labute approximate surface area is 128 Å². The van der Waals surface area contributed by atoms with Gasteiger partial charge in [0, 0.05) is 0 Å². The van der Waals surface area contributed by atoms with Crippen molar-refractivity contribution in [3.63, 3.8) is 0 Å². The molecule has 1 fully saturated rings. The summed E-state index contributed by atoms with van der Waals surface area (Å²) in [4.78, 5) is 18.0. The molecule has 4 nitrogen and oxygen atoms in total. The van der Waals surface area contributed by atoms with Crippen LogP contribution in [-0.2, 0) is 0 Å². The smallest absolute Gasteiger partial charge is 0.347 e. The highest BCUT2D eigenvalue weighted by atomic mass is 16.2. The summed E-state index contributed by atoms with van der Waals surface area (Å²) in [5.74, 6) is 3.77. The van der Waals surface area contributed by atoms with Crippen molar-refractivity contribution in [2.45, 2.75) is 71.4 Å². The third-order valence-corrected chi connectivity index (χ3v) is 5.26. The third kappa shape index (κ3) is 2.66. The zero-order valence-corrected chi connectivity index (χ0v) is 13.6. The van der Waals surface area contributed by atoms with Crippen LogP contribution in [0.15, 0.2) is 4.99 Å². The molecule has 1 aliphatic carbocycles. The van der Waals surface area contributed by atoms with Gasteiger partial charge >= 0.3 is 6.03 Å². The van der Waals surface area contributed by atoms with E-state index in [1.54, 1.807) is 4.90 Å². The maximum absolute atomic E-state index is 12.2. The third-order valence-electron chi connectivity index (χ3n) is 5.26. The van der Waals surface area contributed by atoms with Crippen molar-refractivity contribution in [1.82, 2.24) is 4.90 Å². The normalized spacial score (nSPS) is 31.8. The van der Waals surface area contributed by atoms with Gasteiger partial charge in [0.05, 0.1) is 6.04 Å². The average molecular weight is 289 g/mol. The van der Waals surface area contributed by atoms with E-state index >= 15 is 0 Å². The SMILES string of the molecule is C#CC(C)N1C(=O)N=C(N)C12CCCC(C(C)(C)C)CC2. The fourth-order valence-corrected chi connectivity index (χ4v) is 3.86. The molecular formula is C17H27N3O. The molecule has 1 spiro atoms. The van der Waals surface area contributed by atoms with Gasteiger partial charge in [0.1, 0.15) is 11.4 Å². The molecule has 3 unspecified atom stereocenters. The number of hydrogen-bond acceptors (Lipinski definition) is 2. The number of urea groups is 1. The Balaban J connectivity index is 2.30. The lowest BCUT2D eigenvalue weighted by atomic mass is 9.76. The Hall–Kier alpha value is -1.50. The van der Waals surface area contributed by atoms with E-state index < -0.39 is 5.54 Å². The van der Waals surface area contributed by atoms with Crippen LogP contribution in [0.3, 0.4) is 0 Å². The van der Waals surface area contributed by atoms with E-state index in [2.05, 4.69) is 31.7 Å². The van der Waals surface area contributed by atoms with Crippen LogP contribution in [0, 0.1) is 23.7 Å². The minimum absolute atomic E-state index is 0.270. The molecule has 4 heteroatoms. The molecule has 3 atom stereocenters. The number of nitrogens with zero attached hydrogens (tertiary/aromatic N) is 2. The molecule has 2 N–H and O–H groups in total. The molecule has 116 valence electrons. The molecule has 2 aliphatic rings. The quantitative estimate of drug-likeness (QED) is 0.754. The minimum Gasteiger partial charge on any atom is -0.385 e. The number of terminal acetylenes is 1. The topological polar surface area (TPSA) is 58.7 Å². The average Bonchev–Trinajstić information content (AvgIpc) is 2.56. The Morgan fingerprint density at radius 1 is 1.43 bits per heavy atom. The first kappa shape index (κ1) is 15.9. The molecule has 0 aromatic carbocycles. The second-order valence-corrected chi connectivity index (χ2v) is 7.52. The van der Waals surface area contributed by atoms with Crippen molar-refractivity contribution < 1.29 is 4.79 Å². The van der Waals surface area contributed by atoms with Crippen LogP contribution >= 0.6 is 0 Å². The number of nitrogens with two attached hydrogens (primary N) is 1. The van der Waals surface area contributed by atoms with Gasteiger partial charge in [-0.2, -0.15) is 4.99 Å². The summed E-state index contributed by atoms with van der Waals surface area (Å²) in [6.45, 7) is 8.73. The summed E-state index contributed by atoms with van der Waals surface area (Å²) in [5, 5.41) is 0. The second kappa shape index (κ2) is 5.36. The first-order valence-corrected chi connectivity index (χ1v) is 7.86. The van der Waals surface area contributed by atoms with Crippen molar-refractivity contribution in [1.29, 1.82) is 0 Å². The van der Waals surface area contributed by atoms with E-state index in [1.807, 2.05) is 6.92 Å². The van der Waals surface area contributed by atoms with Crippen LogP contribution in [0.5, 0.6) is 0 Å². The standard InChI is InChI=1S/C17H27N3O/c1-6-12(2)20-15(21)19-14(18)17(20)10-7-8-13(9-11-17)16(3,4)5/h1,12-13H,7-11H2,2-5H3,(H2,18,19,21). The van der Waals surface area contributed by atoms with Crippen LogP contribution < -0.4 is 5.73 Å². The molecule has 1 aliphatic heterocycles. The van der Waals surface area contributed by atoms with Gasteiger partial charge < -0.3 is 5.73 Å². The molecule has 0 aromatic heterocycles. The van der Waals surface area contributed by atoms with Crippen molar-refractivity contribution in [3.05, 3.63) is 0 Å². The predicted molar refractivity (Wildman–Crippen MR) is 85.9 cm³/mol. The highest BCUT2D eigenvalue weighted by molar-refractivity contribution is 6.06. The molecule has 2 amide bonds. The van der Waals surface area contributed by atoms with Crippen molar-refractivity contribution in [3.8, 4) is 12.3 Å². The van der Waals surface area contributed by atoms with Gasteiger partial charge in [0.2, 0.25) is 0 Å². The van der Waals surface area contributed by atoms with E-state index in [4.69, 9.17) is 12.2 Å². The zero-order valence-electron chi connectivity index (χ0n) is 13.6. The predicted octanol–water partition coefficient (Wildman–Crippen LogP) is 3.17. The number of carbonyl (C=O) groups excluding carboxylic acids is 1. The van der Waals surface area contributed by atoms with Gasteiger partial charge in [0.15, 0.2) is 0 Å². The van der Waals surface area contributed by atoms with Crippen LogP contribution in [0.2, 0.25) is 0 Å². The van der Waals surface area contributed by atoms with E-state index in [9.17, 15) is 4.79 Å². The summed E-state index contributed by atoms with van der Waals surface area (Å²) in [5.41, 5.74) is 5.99. The minimum atomic E-state index is -0.455. The van der Waals surface area contributed by atoms with Gasteiger partial charge in [-0.1, -0.05) is 33.1 Å². The second-order valence-electron chi connectivity index (χ2n) is 7.52. The van der Waals surface area contributed by atoms with E-state index in [-0.39, 0.29) is 17.5 Å². The lowest BCUT2D eigenvalue weighted by molar-refractivity contribution is 0.143. The largest absolute Gasteiger partial charge is 0.385 e. The van der Waals surface area contributed by atoms with E-state index in [0.29, 0.717) is 11.8 Å². The van der Waals surface area contributed by atoms with Gasteiger partial charge in [-0.3, -0.25) is 4.90 Å². The van der Waals surface area contributed by atoms with Gasteiger partial charge in [-0.05, 0) is 43.9 Å². The lowest BCUT2D eigenvalue weighted by Crippen LogP contribution is -2.56. The summed E-state index contributed by atoms with van der Waals surface area (Å²) in [6, 6.07) is -0.541. The lowest BCUT2D eigenvalue weighted by Gasteiger charge is -2.39. The molecule has 0 aromatic rings. The maximum Gasteiger partial charge on any atom is 0.347 e. The van der Waals surface area contributed by atoms with Gasteiger partial charge in [-0.25, -0.2) is 4.79 Å². The van der Waals surface area contributed by atoms with Crippen LogP contribution in [0.1, 0.15) is 59.8 Å². The molecule has 2 rings (SSSR count). The Bertz CT molecular complexity index is 497. The number of aliphatic imine (C=N–C) groups is 1. The molecule has 1 saturated carbocycles. The number of carbonyl (C=O) groups is 1. The number of amidine groups is 1. The highest BCUT2D eigenvalue weighted by Gasteiger charge is 2.51. The number of amides is 2. The molecule has 0 radical (unpaired) electrons. The van der Waals surface area contributed by atoms with Crippen LogP contribution in [-0.4, -0.2) is 28.3 Å². The Morgan fingerprint density at radius 2 is 2.10 bits per heavy atom. The number of hydrogen-bond donors (Lipinski definition) is 1. The molecule has 21 heavy (non-hydrogen) atoms. The molecule has 0 saturated heterocycles. The van der Waals surface area contributed by atoms with Crippen molar-refractivity contribution in [2.24, 2.45) is 22.1 Å². The zero-order chi connectivity index (χ0) is 15.8. The highest BCUT2D eigenvalue weighted by Crippen LogP contribution is 2.44. The van der Waals surface area contributed by atoms with Crippen LogP contribution in [0.4, 0.5) is 4.79 Å². The Morgan fingerprint density at radius 3 is 2.67 bits per heavy atom. The van der Waals surface area contributed by atoms with Crippen molar-refractivity contribution in [2.75, 3.05) is 0 Å². The van der Waals surface area contributed by atoms with E-state index in [1.165, 1.54) is 6.42 Å². The summed E-state index contributed by atoms with van der Waals surface area (Å²) >= 11 is 0. The van der Waals surface area contributed by atoms with E-state index in [0.717, 1.165) is 25.7 Å². The monoisotopic (exact) mass is 289 g/mol. The first-order valence-electron chi connectivity index (χ1n) is 7.86. The summed E-state index contributed by atoms with van der Waals surface area (Å²) in [6.07, 6.45) is 10.6. The molecular weight excluding hydrogens is 262 g/mol. The van der Waals surface area contributed by atoms with Crippen molar-refractivity contribution >= 4 is 11.9 Å². The van der Waals surface area contributed by atoms with Crippen LogP contribution in [0.25, 0.3) is 0 Å². The fraction of sp³-hybridized carbons (Fsp3) is 0.765. The molecule has 0 bridgehead atoms. The van der Waals surface area contributed by atoms with Gasteiger partial charge in [-0.15, -0.1) is 6.42 Å². The first-order chi connectivity index (χ1) is 9.72. The Kier molecular flexibility index (Phi) is 4.06. The summed E-state index contributed by atoms with van der Waals surface area (Å²) in [7, 11) is 0. The maximum atomic E-state index is 12.2. The molecule has 1 heterocycles.